The lowest BCUT2D eigenvalue weighted by molar-refractivity contribution is -0.120. The van der Waals surface area contributed by atoms with E-state index < -0.39 is 29.2 Å². The minimum Gasteiger partial charge on any atom is -0.491 e. The van der Waals surface area contributed by atoms with Gasteiger partial charge in [-0.1, -0.05) is 18.2 Å². The largest absolute Gasteiger partial charge is 0.491 e. The SMILES string of the molecule is COc1c(F)cc(NC2=CC(=O)N(c3ccccc3)C2=O)cc1F. The third-order valence-corrected chi connectivity index (χ3v) is 3.42. The Morgan fingerprint density at radius 2 is 1.67 bits per heavy atom. The molecule has 1 heterocycles. The topological polar surface area (TPSA) is 58.6 Å². The fourth-order valence-corrected chi connectivity index (χ4v) is 2.36. The summed E-state index contributed by atoms with van der Waals surface area (Å²) in [4.78, 5) is 25.4. The summed E-state index contributed by atoms with van der Waals surface area (Å²) in [6.45, 7) is 0. The van der Waals surface area contributed by atoms with E-state index in [0.717, 1.165) is 30.2 Å². The molecule has 5 nitrogen and oxygen atoms in total. The van der Waals surface area contributed by atoms with Crippen LogP contribution in [0, 0.1) is 11.6 Å². The van der Waals surface area contributed by atoms with Crippen LogP contribution in [0.1, 0.15) is 0 Å². The summed E-state index contributed by atoms with van der Waals surface area (Å²) in [6.07, 6.45) is 1.08. The highest BCUT2D eigenvalue weighted by Crippen LogP contribution is 2.28. The number of halogens is 2. The maximum atomic E-state index is 13.7. The maximum Gasteiger partial charge on any atom is 0.281 e. The average Bonchev–Trinajstić information content (AvgIpc) is 2.82. The Labute approximate surface area is 136 Å². The highest BCUT2D eigenvalue weighted by Gasteiger charge is 2.32. The maximum absolute atomic E-state index is 13.7. The van der Waals surface area contributed by atoms with Gasteiger partial charge in [-0.05, 0) is 12.1 Å². The van der Waals surface area contributed by atoms with Gasteiger partial charge in [-0.25, -0.2) is 13.7 Å². The third kappa shape index (κ3) is 2.71. The summed E-state index contributed by atoms with van der Waals surface area (Å²) < 4.78 is 32.0. The van der Waals surface area contributed by atoms with Crippen LogP contribution in [0.25, 0.3) is 0 Å². The molecule has 2 amide bonds. The Balaban J connectivity index is 1.86. The van der Waals surface area contributed by atoms with Crippen molar-refractivity contribution in [2.24, 2.45) is 0 Å². The lowest BCUT2D eigenvalue weighted by Crippen LogP contribution is -2.31. The second-order valence-electron chi connectivity index (χ2n) is 4.97. The molecular weight excluding hydrogens is 318 g/mol. The van der Waals surface area contributed by atoms with Crippen molar-refractivity contribution in [1.29, 1.82) is 0 Å². The molecule has 3 rings (SSSR count). The van der Waals surface area contributed by atoms with Crippen LogP contribution in [0.5, 0.6) is 5.75 Å². The van der Waals surface area contributed by atoms with Crippen molar-refractivity contribution >= 4 is 23.2 Å². The van der Waals surface area contributed by atoms with Gasteiger partial charge < -0.3 is 10.1 Å². The first-order valence-corrected chi connectivity index (χ1v) is 6.96. The lowest BCUT2D eigenvalue weighted by Gasteiger charge is -2.15. The number of nitrogens with zero attached hydrogens (tertiary/aromatic N) is 1. The minimum atomic E-state index is -0.919. The minimum absolute atomic E-state index is 0.00638. The molecule has 0 fully saturated rings. The number of nitrogens with one attached hydrogen (secondary N) is 1. The second kappa shape index (κ2) is 6.11. The van der Waals surface area contributed by atoms with Crippen LogP contribution >= 0.6 is 0 Å². The van der Waals surface area contributed by atoms with E-state index in [1.54, 1.807) is 30.3 Å². The zero-order valence-electron chi connectivity index (χ0n) is 12.5. The Morgan fingerprint density at radius 3 is 2.25 bits per heavy atom. The molecule has 0 unspecified atom stereocenters. The van der Waals surface area contributed by atoms with Crippen LogP contribution in [0.2, 0.25) is 0 Å². The summed E-state index contributed by atoms with van der Waals surface area (Å²) in [6, 6.07) is 10.3. The molecule has 0 aliphatic carbocycles. The molecule has 1 aliphatic heterocycles. The van der Waals surface area contributed by atoms with Crippen LogP contribution in [-0.2, 0) is 9.59 Å². The van der Waals surface area contributed by atoms with E-state index in [1.807, 2.05) is 0 Å². The summed E-state index contributed by atoms with van der Waals surface area (Å²) in [5, 5.41) is 2.57. The number of methoxy groups -OCH3 is 1. The number of benzene rings is 2. The number of hydrogen-bond donors (Lipinski definition) is 1. The van der Waals surface area contributed by atoms with Gasteiger partial charge in [0.2, 0.25) is 0 Å². The number of rotatable bonds is 4. The van der Waals surface area contributed by atoms with Gasteiger partial charge in [0, 0.05) is 23.9 Å². The quantitative estimate of drug-likeness (QED) is 0.876. The molecule has 122 valence electrons. The second-order valence-corrected chi connectivity index (χ2v) is 4.97. The number of anilines is 2. The van der Waals surface area contributed by atoms with Crippen molar-refractivity contribution in [3.05, 3.63) is 65.9 Å². The van der Waals surface area contributed by atoms with E-state index in [0.29, 0.717) is 5.69 Å². The van der Waals surface area contributed by atoms with Crippen LogP contribution in [-0.4, -0.2) is 18.9 Å². The zero-order chi connectivity index (χ0) is 17.3. The molecule has 0 aromatic heterocycles. The van der Waals surface area contributed by atoms with Crippen molar-refractivity contribution < 1.29 is 23.1 Å². The normalized spacial score (nSPS) is 14.0. The van der Waals surface area contributed by atoms with Gasteiger partial charge in [0.25, 0.3) is 11.8 Å². The van der Waals surface area contributed by atoms with Gasteiger partial charge in [0.1, 0.15) is 5.70 Å². The van der Waals surface area contributed by atoms with Crippen molar-refractivity contribution in [3.8, 4) is 5.75 Å². The molecule has 1 N–H and O–H groups in total. The van der Waals surface area contributed by atoms with Crippen LogP contribution < -0.4 is 15.0 Å². The molecule has 7 heteroatoms. The predicted molar refractivity (Wildman–Crippen MR) is 83.6 cm³/mol. The van der Waals surface area contributed by atoms with E-state index >= 15 is 0 Å². The molecule has 0 radical (unpaired) electrons. The van der Waals surface area contributed by atoms with Crippen molar-refractivity contribution in [2.75, 3.05) is 17.3 Å². The molecule has 0 bridgehead atoms. The third-order valence-electron chi connectivity index (χ3n) is 3.42. The Kier molecular flexibility index (Phi) is 3.99. The predicted octanol–water partition coefficient (Wildman–Crippen LogP) is 2.84. The number of imide groups is 1. The van der Waals surface area contributed by atoms with E-state index in [4.69, 9.17) is 0 Å². The summed E-state index contributed by atoms with van der Waals surface area (Å²) in [5.74, 6) is -3.50. The number of ether oxygens (including phenoxy) is 1. The molecule has 1 aliphatic rings. The highest BCUT2D eigenvalue weighted by atomic mass is 19.1. The summed E-state index contributed by atoms with van der Waals surface area (Å²) in [5.41, 5.74) is 0.327. The smallest absolute Gasteiger partial charge is 0.281 e. The standard InChI is InChI=1S/C17H12F2N2O3/c1-24-16-12(18)7-10(8-13(16)19)20-14-9-15(22)21(17(14)23)11-5-3-2-4-6-11/h2-9,20H,1H3. The van der Waals surface area contributed by atoms with Gasteiger partial charge in [-0.3, -0.25) is 9.59 Å². The monoisotopic (exact) mass is 330 g/mol. The van der Waals surface area contributed by atoms with Gasteiger partial charge in [0.05, 0.1) is 12.8 Å². The molecule has 0 saturated heterocycles. The Morgan fingerprint density at radius 1 is 1.04 bits per heavy atom. The summed E-state index contributed by atoms with van der Waals surface area (Å²) >= 11 is 0. The average molecular weight is 330 g/mol. The van der Waals surface area contributed by atoms with Crippen LogP contribution in [0.3, 0.4) is 0 Å². The molecule has 2 aromatic rings. The first-order valence-electron chi connectivity index (χ1n) is 6.96. The summed E-state index contributed by atoms with van der Waals surface area (Å²) in [7, 11) is 1.15. The molecule has 2 aromatic carbocycles. The fraction of sp³-hybridized carbons (Fsp3) is 0.0588. The molecule has 0 saturated carbocycles. The Hall–Kier alpha value is -3.22. The van der Waals surface area contributed by atoms with Crippen molar-refractivity contribution in [3.63, 3.8) is 0 Å². The first-order chi connectivity index (χ1) is 11.5. The number of amides is 2. The van der Waals surface area contributed by atoms with Crippen LogP contribution in [0.4, 0.5) is 20.2 Å². The fourth-order valence-electron chi connectivity index (χ4n) is 2.36. The van der Waals surface area contributed by atoms with Gasteiger partial charge in [0.15, 0.2) is 17.4 Å². The number of hydrogen-bond acceptors (Lipinski definition) is 4. The van der Waals surface area contributed by atoms with E-state index in [9.17, 15) is 18.4 Å². The molecule has 24 heavy (non-hydrogen) atoms. The molecule has 0 atom stereocenters. The van der Waals surface area contributed by atoms with Gasteiger partial charge in [-0.15, -0.1) is 0 Å². The zero-order valence-corrected chi connectivity index (χ0v) is 12.5. The van der Waals surface area contributed by atoms with Gasteiger partial charge >= 0.3 is 0 Å². The van der Waals surface area contributed by atoms with Crippen molar-refractivity contribution in [2.45, 2.75) is 0 Å². The molecular formula is C17H12F2N2O3. The van der Waals surface area contributed by atoms with Crippen LogP contribution in [0.15, 0.2) is 54.2 Å². The van der Waals surface area contributed by atoms with E-state index in [1.165, 1.54) is 0 Å². The number of carbonyl (C=O) groups is 2. The highest BCUT2D eigenvalue weighted by molar-refractivity contribution is 6.31. The van der Waals surface area contributed by atoms with E-state index in [-0.39, 0.29) is 11.4 Å². The Bertz CT molecular complexity index is 827. The molecule has 0 spiro atoms. The number of para-hydroxylation sites is 1. The van der Waals surface area contributed by atoms with E-state index in [2.05, 4.69) is 10.1 Å². The number of carbonyl (C=O) groups excluding carboxylic acids is 2. The van der Waals surface area contributed by atoms with Gasteiger partial charge in [-0.2, -0.15) is 0 Å². The first kappa shape index (κ1) is 15.7. The van der Waals surface area contributed by atoms with Crippen molar-refractivity contribution in [1.82, 2.24) is 0 Å². The lowest BCUT2D eigenvalue weighted by atomic mass is 10.2.